The maximum Gasteiger partial charge on any atom is 0.164 e. The molecule has 0 saturated heterocycles. The van der Waals surface area contributed by atoms with Crippen molar-refractivity contribution >= 4 is 21.9 Å². The van der Waals surface area contributed by atoms with Gasteiger partial charge in [0.15, 0.2) is 17.5 Å². The van der Waals surface area contributed by atoms with Gasteiger partial charge < -0.3 is 4.42 Å². The summed E-state index contributed by atoms with van der Waals surface area (Å²) in [6.45, 7) is 0. The molecule has 0 unspecified atom stereocenters. The average molecular weight is 704 g/mol. The predicted octanol–water partition coefficient (Wildman–Crippen LogP) is 13.4. The Kier molecular flexibility index (Phi) is 8.12. The average Bonchev–Trinajstić information content (AvgIpc) is 3.65. The summed E-state index contributed by atoms with van der Waals surface area (Å²) in [7, 11) is 0. The third kappa shape index (κ3) is 6.06. The summed E-state index contributed by atoms with van der Waals surface area (Å²) in [5, 5.41) is 1.97. The molecule has 0 fully saturated rings. The first-order chi connectivity index (χ1) is 27.3. The van der Waals surface area contributed by atoms with E-state index < -0.39 is 0 Å². The van der Waals surface area contributed by atoms with Gasteiger partial charge >= 0.3 is 0 Å². The van der Waals surface area contributed by atoms with Crippen molar-refractivity contribution in [3.8, 4) is 78.7 Å². The Hall–Kier alpha value is -7.43. The van der Waals surface area contributed by atoms with Gasteiger partial charge in [-0.15, -0.1) is 0 Å². The Bertz CT molecular complexity index is 2960. The van der Waals surface area contributed by atoms with Crippen molar-refractivity contribution in [3.05, 3.63) is 200 Å². The lowest BCUT2D eigenvalue weighted by molar-refractivity contribution is 0.669. The van der Waals surface area contributed by atoms with Crippen LogP contribution in [0.4, 0.5) is 0 Å². The van der Waals surface area contributed by atoms with Crippen LogP contribution in [-0.2, 0) is 0 Å². The molecule has 0 aliphatic heterocycles. The van der Waals surface area contributed by atoms with Crippen LogP contribution in [0.2, 0.25) is 0 Å². The summed E-state index contributed by atoms with van der Waals surface area (Å²) in [5.41, 5.74) is 13.4. The molecular weight excluding hydrogens is 671 g/mol. The van der Waals surface area contributed by atoms with Crippen LogP contribution in [0.3, 0.4) is 0 Å². The number of furan rings is 1. The molecule has 4 nitrogen and oxygen atoms in total. The predicted molar refractivity (Wildman–Crippen MR) is 225 cm³/mol. The van der Waals surface area contributed by atoms with Crippen molar-refractivity contribution in [1.29, 1.82) is 0 Å². The summed E-state index contributed by atoms with van der Waals surface area (Å²) < 4.78 is 6.55. The molecule has 0 aliphatic carbocycles. The van der Waals surface area contributed by atoms with Crippen molar-refractivity contribution in [2.45, 2.75) is 0 Å². The standard InChI is InChI=1S/C51H33N3O/c1-5-16-34(17-6-1)38-28-30-41(36-20-9-3-10-21-36)44(32-38)39-29-31-46-45(33-39)48-43(26-15-27-47(48)55-46)51-53-49(37-22-11-4-12-23-37)52-50(54-51)42-25-14-13-24-40(42)35-18-7-2-8-19-35/h1-33H. The van der Waals surface area contributed by atoms with E-state index in [1.54, 1.807) is 0 Å². The lowest BCUT2D eigenvalue weighted by Gasteiger charge is -2.14. The molecule has 10 aromatic rings. The minimum atomic E-state index is 0.585. The number of rotatable bonds is 7. The largest absolute Gasteiger partial charge is 0.456 e. The van der Waals surface area contributed by atoms with Crippen LogP contribution in [-0.4, -0.2) is 15.0 Å². The Morgan fingerprint density at radius 2 is 0.782 bits per heavy atom. The van der Waals surface area contributed by atoms with Gasteiger partial charge in [-0.25, -0.2) is 15.0 Å². The Labute approximate surface area is 319 Å². The maximum atomic E-state index is 6.55. The quantitative estimate of drug-likeness (QED) is 0.166. The van der Waals surface area contributed by atoms with Gasteiger partial charge in [0.25, 0.3) is 0 Å². The van der Waals surface area contributed by atoms with Gasteiger partial charge in [0.1, 0.15) is 11.2 Å². The number of hydrogen-bond acceptors (Lipinski definition) is 4. The monoisotopic (exact) mass is 703 g/mol. The van der Waals surface area contributed by atoms with Crippen LogP contribution in [0.1, 0.15) is 0 Å². The molecule has 0 radical (unpaired) electrons. The van der Waals surface area contributed by atoms with E-state index in [-0.39, 0.29) is 0 Å². The van der Waals surface area contributed by atoms with Gasteiger partial charge in [0.2, 0.25) is 0 Å². The van der Waals surface area contributed by atoms with E-state index in [4.69, 9.17) is 19.4 Å². The summed E-state index contributed by atoms with van der Waals surface area (Å²) in [4.78, 5) is 15.5. The lowest BCUT2D eigenvalue weighted by atomic mass is 9.90. The SMILES string of the molecule is c1ccc(-c2ccc(-c3ccccc3)c(-c3ccc4oc5cccc(-c6nc(-c7ccccc7)nc(-c7ccccc7-c7ccccc7)n6)c5c4c3)c2)cc1. The molecule has 55 heavy (non-hydrogen) atoms. The van der Waals surface area contributed by atoms with E-state index in [1.807, 2.05) is 54.6 Å². The zero-order valence-corrected chi connectivity index (χ0v) is 29.8. The number of benzene rings is 8. The molecule has 0 saturated carbocycles. The molecule has 0 spiro atoms. The highest BCUT2D eigenvalue weighted by molar-refractivity contribution is 6.13. The van der Waals surface area contributed by atoms with Crippen molar-refractivity contribution in [2.24, 2.45) is 0 Å². The Morgan fingerprint density at radius 1 is 0.273 bits per heavy atom. The Morgan fingerprint density at radius 3 is 1.45 bits per heavy atom. The van der Waals surface area contributed by atoms with Crippen LogP contribution in [0.25, 0.3) is 101 Å². The van der Waals surface area contributed by atoms with Crippen molar-refractivity contribution in [3.63, 3.8) is 0 Å². The molecular formula is C51H33N3O. The second-order valence-corrected chi connectivity index (χ2v) is 13.6. The van der Waals surface area contributed by atoms with Crippen molar-refractivity contribution < 1.29 is 4.42 Å². The van der Waals surface area contributed by atoms with E-state index in [9.17, 15) is 0 Å². The van der Waals surface area contributed by atoms with Crippen LogP contribution in [0.15, 0.2) is 205 Å². The normalized spacial score (nSPS) is 11.3. The number of aromatic nitrogens is 3. The number of fused-ring (bicyclic) bond motifs is 3. The van der Waals surface area contributed by atoms with Crippen LogP contribution < -0.4 is 0 Å². The van der Waals surface area contributed by atoms with Gasteiger partial charge in [-0.2, -0.15) is 0 Å². The van der Waals surface area contributed by atoms with Crippen LogP contribution in [0, 0.1) is 0 Å². The van der Waals surface area contributed by atoms with Crippen molar-refractivity contribution in [2.75, 3.05) is 0 Å². The number of nitrogens with zero attached hydrogens (tertiary/aromatic N) is 3. The highest BCUT2D eigenvalue weighted by Gasteiger charge is 2.20. The smallest absolute Gasteiger partial charge is 0.164 e. The molecule has 0 amide bonds. The molecule has 10 rings (SSSR count). The first-order valence-electron chi connectivity index (χ1n) is 18.4. The summed E-state index contributed by atoms with van der Waals surface area (Å²) in [6.07, 6.45) is 0. The molecule has 4 heteroatoms. The molecule has 8 aromatic carbocycles. The third-order valence-electron chi connectivity index (χ3n) is 10.2. The fourth-order valence-corrected chi connectivity index (χ4v) is 7.52. The van der Waals surface area contributed by atoms with Gasteiger partial charge in [-0.1, -0.05) is 176 Å². The molecule has 0 atom stereocenters. The molecule has 2 aromatic heterocycles. The molecule has 258 valence electrons. The van der Waals surface area contributed by atoms with E-state index in [1.165, 1.54) is 11.1 Å². The van der Waals surface area contributed by atoms with Gasteiger partial charge in [0, 0.05) is 27.5 Å². The van der Waals surface area contributed by atoms with Crippen molar-refractivity contribution in [1.82, 2.24) is 15.0 Å². The first kappa shape index (κ1) is 32.2. The molecule has 0 bridgehead atoms. The Balaban J connectivity index is 1.19. The summed E-state index contributed by atoms with van der Waals surface area (Å²) >= 11 is 0. The fourth-order valence-electron chi connectivity index (χ4n) is 7.52. The summed E-state index contributed by atoms with van der Waals surface area (Å²) in [5.74, 6) is 1.81. The van der Waals surface area contributed by atoms with Crippen LogP contribution in [0.5, 0.6) is 0 Å². The van der Waals surface area contributed by atoms with E-state index in [0.29, 0.717) is 17.5 Å². The fraction of sp³-hybridized carbons (Fsp3) is 0. The third-order valence-corrected chi connectivity index (χ3v) is 10.2. The molecule has 2 heterocycles. The maximum absolute atomic E-state index is 6.55. The minimum Gasteiger partial charge on any atom is -0.456 e. The zero-order chi connectivity index (χ0) is 36.6. The highest BCUT2D eigenvalue weighted by Crippen LogP contribution is 2.42. The topological polar surface area (TPSA) is 51.8 Å². The summed E-state index contributed by atoms with van der Waals surface area (Å²) in [6, 6.07) is 69.3. The molecule has 0 aliphatic rings. The highest BCUT2D eigenvalue weighted by atomic mass is 16.3. The van der Waals surface area contributed by atoms with Gasteiger partial charge in [-0.05, 0) is 68.8 Å². The van der Waals surface area contributed by atoms with E-state index in [0.717, 1.165) is 72.0 Å². The van der Waals surface area contributed by atoms with Gasteiger partial charge in [0.05, 0.1) is 0 Å². The number of hydrogen-bond donors (Lipinski definition) is 0. The second kappa shape index (κ2) is 13.8. The zero-order valence-electron chi connectivity index (χ0n) is 29.8. The van der Waals surface area contributed by atoms with E-state index >= 15 is 0 Å². The second-order valence-electron chi connectivity index (χ2n) is 13.6. The minimum absolute atomic E-state index is 0.585. The molecule has 0 N–H and O–H groups in total. The van der Waals surface area contributed by atoms with E-state index in [2.05, 4.69) is 146 Å². The van der Waals surface area contributed by atoms with Crippen LogP contribution >= 0.6 is 0 Å². The first-order valence-corrected chi connectivity index (χ1v) is 18.4. The van der Waals surface area contributed by atoms with Gasteiger partial charge in [-0.3, -0.25) is 0 Å². The lowest BCUT2D eigenvalue weighted by Crippen LogP contribution is -2.01.